The number of carbonyl (C=O) groups is 2. The number of ketones is 1. The van der Waals surface area contributed by atoms with Crippen molar-refractivity contribution in [3.63, 3.8) is 0 Å². The number of carboxylic acid groups (broad SMARTS) is 1. The Labute approximate surface area is 220 Å². The molecule has 3 atom stereocenters. The Morgan fingerprint density at radius 1 is 1.31 bits per heavy atom. The smallest absolute Gasteiger partial charge is 0.304 e. The first-order chi connectivity index (χ1) is 17.0. The van der Waals surface area contributed by atoms with Crippen LogP contribution >= 0.6 is 22.9 Å². The van der Waals surface area contributed by atoms with Crippen LogP contribution in [0.15, 0.2) is 12.1 Å². The zero-order valence-electron chi connectivity index (χ0n) is 21.2. The average molecular weight is 536 g/mol. The molecule has 1 heterocycles. The molecular weight excluding hydrogens is 502 g/mol. The number of methoxy groups -OCH3 is 1. The second-order valence-electron chi connectivity index (χ2n) is 10.3. The third kappa shape index (κ3) is 5.42. The summed E-state index contributed by atoms with van der Waals surface area (Å²) in [5.74, 6) is 1.33. The molecule has 1 unspecified atom stereocenters. The van der Waals surface area contributed by atoms with Gasteiger partial charge < -0.3 is 25.0 Å². The average Bonchev–Trinajstić information content (AvgIpc) is 3.12. The molecule has 0 aliphatic heterocycles. The highest BCUT2D eigenvalue weighted by Gasteiger charge is 2.63. The van der Waals surface area contributed by atoms with E-state index in [4.69, 9.17) is 26.2 Å². The molecule has 0 radical (unpaired) electrons. The van der Waals surface area contributed by atoms with Crippen molar-refractivity contribution in [1.29, 1.82) is 0 Å². The van der Waals surface area contributed by atoms with Crippen molar-refractivity contribution < 1.29 is 29.3 Å². The number of aliphatic hydroxyl groups excluding tert-OH is 1. The number of nitrogens with one attached hydrogen (secondary N) is 1. The number of carboxylic acids is 1. The molecule has 3 N–H and O–H groups in total. The Morgan fingerprint density at radius 3 is 2.75 bits per heavy atom. The topological polar surface area (TPSA) is 105 Å². The Balaban J connectivity index is 1.34. The highest BCUT2D eigenvalue weighted by atomic mass is 35.5. The largest absolute Gasteiger partial charge is 0.493 e. The fourth-order valence-electron chi connectivity index (χ4n) is 5.49. The number of thiophene rings is 1. The van der Waals surface area contributed by atoms with Crippen LogP contribution in [0.5, 0.6) is 11.5 Å². The van der Waals surface area contributed by atoms with Gasteiger partial charge in [-0.3, -0.25) is 9.59 Å². The molecule has 0 saturated heterocycles. The van der Waals surface area contributed by atoms with Gasteiger partial charge >= 0.3 is 5.97 Å². The maximum absolute atomic E-state index is 13.2. The summed E-state index contributed by atoms with van der Waals surface area (Å²) < 4.78 is 11.2. The van der Waals surface area contributed by atoms with Gasteiger partial charge in [0.05, 0.1) is 23.4 Å². The fraction of sp³-hybridized carbons (Fsp3) is 0.556. The molecule has 1 aromatic carbocycles. The Hall–Kier alpha value is -2.13. The van der Waals surface area contributed by atoms with Gasteiger partial charge in [-0.2, -0.15) is 0 Å². The van der Waals surface area contributed by atoms with E-state index in [1.165, 1.54) is 23.1 Å². The summed E-state index contributed by atoms with van der Waals surface area (Å²) in [6.45, 7) is 7.22. The quantitative estimate of drug-likeness (QED) is 0.253. The van der Waals surface area contributed by atoms with E-state index in [-0.39, 0.29) is 31.9 Å². The van der Waals surface area contributed by atoms with Crippen LogP contribution < -0.4 is 14.8 Å². The molecule has 9 heteroatoms. The minimum Gasteiger partial charge on any atom is -0.493 e. The van der Waals surface area contributed by atoms with Crippen molar-refractivity contribution in [1.82, 2.24) is 5.32 Å². The number of Topliss-reactive ketones (excluding diaryl/α,β-unsaturated/α-hetero) is 1. The van der Waals surface area contributed by atoms with Gasteiger partial charge in [-0.1, -0.05) is 25.4 Å². The normalized spacial score (nSPS) is 19.9. The summed E-state index contributed by atoms with van der Waals surface area (Å²) in [6, 6.07) is 3.58. The number of halogens is 1. The van der Waals surface area contributed by atoms with Crippen LogP contribution in [-0.2, 0) is 17.6 Å². The van der Waals surface area contributed by atoms with Gasteiger partial charge in [-0.25, -0.2) is 0 Å². The van der Waals surface area contributed by atoms with E-state index in [1.807, 2.05) is 6.07 Å². The number of aryl methyl sites for hydroxylation is 2. The van der Waals surface area contributed by atoms with E-state index < -0.39 is 12.1 Å². The predicted molar refractivity (Wildman–Crippen MR) is 140 cm³/mol. The Morgan fingerprint density at radius 2 is 2.06 bits per heavy atom. The van der Waals surface area contributed by atoms with Crippen LogP contribution in [0.3, 0.4) is 0 Å². The number of ether oxygens (including phenoxy) is 2. The van der Waals surface area contributed by atoms with E-state index in [0.29, 0.717) is 46.6 Å². The minimum absolute atomic E-state index is 0.0228. The molecule has 1 saturated carbocycles. The van der Waals surface area contributed by atoms with Gasteiger partial charge in [0.2, 0.25) is 0 Å². The maximum atomic E-state index is 13.2. The van der Waals surface area contributed by atoms with E-state index in [2.05, 4.69) is 26.1 Å². The molecule has 0 spiro atoms. The van der Waals surface area contributed by atoms with Crippen LogP contribution in [0.4, 0.5) is 0 Å². The molecule has 0 bridgehead atoms. The van der Waals surface area contributed by atoms with Crippen molar-refractivity contribution in [2.45, 2.75) is 58.5 Å². The fourth-order valence-corrected chi connectivity index (χ4v) is 6.98. The summed E-state index contributed by atoms with van der Waals surface area (Å²) in [6.07, 6.45) is 1.08. The van der Waals surface area contributed by atoms with Gasteiger partial charge in [0, 0.05) is 24.4 Å². The number of benzene rings is 1. The number of carbonyl (C=O) groups excluding carboxylic acids is 1. The second-order valence-corrected chi connectivity index (χ2v) is 12.0. The summed E-state index contributed by atoms with van der Waals surface area (Å²) in [4.78, 5) is 25.9. The molecule has 2 aromatic rings. The minimum atomic E-state index is -0.901. The molecule has 2 aliphatic rings. The first-order valence-electron chi connectivity index (χ1n) is 12.3. The lowest BCUT2D eigenvalue weighted by Gasteiger charge is -2.17. The van der Waals surface area contributed by atoms with E-state index >= 15 is 0 Å². The monoisotopic (exact) mass is 535 g/mol. The molecule has 1 fully saturated rings. The second kappa shape index (κ2) is 10.7. The van der Waals surface area contributed by atoms with Crippen LogP contribution in [0, 0.1) is 18.3 Å². The molecule has 0 amide bonds. The third-order valence-electron chi connectivity index (χ3n) is 7.52. The lowest BCUT2D eigenvalue weighted by atomic mass is 9.94. The number of fused-ring (bicyclic) bond motifs is 3. The number of hydrogen-bond donors (Lipinski definition) is 3. The standard InChI is InChI=1S/C27H34ClNO6S/c1-14-23-17(11-18-24(23)27(18,2)3)26(36-14)20(31)6-5-15-9-19(28)25(21(10-15)34-4)35-13-16(30)12-29-8-7-22(32)33/h9-10,16,18,24,29-30H,5-8,11-13H2,1-4H3,(H,32,33)/t16?,18-,24-/m1/s1. The summed E-state index contributed by atoms with van der Waals surface area (Å²) in [5.41, 5.74) is 3.96. The highest BCUT2D eigenvalue weighted by Crippen LogP contribution is 2.71. The van der Waals surface area contributed by atoms with Gasteiger partial charge in [-0.05, 0) is 65.8 Å². The van der Waals surface area contributed by atoms with Crippen molar-refractivity contribution in [2.75, 3.05) is 26.8 Å². The maximum Gasteiger partial charge on any atom is 0.304 e. The number of aliphatic hydroxyl groups is 1. The van der Waals surface area contributed by atoms with Crippen LogP contribution in [0.1, 0.15) is 63.8 Å². The number of aliphatic carboxylic acids is 1. The van der Waals surface area contributed by atoms with Crippen molar-refractivity contribution in [3.05, 3.63) is 43.6 Å². The Bertz CT molecular complexity index is 1160. The van der Waals surface area contributed by atoms with Gasteiger partial charge in [0.15, 0.2) is 17.3 Å². The number of hydrogen-bond acceptors (Lipinski definition) is 7. The summed E-state index contributed by atoms with van der Waals surface area (Å²) in [5, 5.41) is 22.0. The molecule has 7 nitrogen and oxygen atoms in total. The zero-order chi connectivity index (χ0) is 26.2. The van der Waals surface area contributed by atoms with Gasteiger partial charge in [0.25, 0.3) is 0 Å². The third-order valence-corrected chi connectivity index (χ3v) is 9.00. The van der Waals surface area contributed by atoms with Crippen LogP contribution in [0.2, 0.25) is 5.02 Å². The molecule has 36 heavy (non-hydrogen) atoms. The molecular formula is C27H34ClNO6S. The van der Waals surface area contributed by atoms with E-state index in [1.54, 1.807) is 17.4 Å². The molecule has 1 aromatic heterocycles. The summed E-state index contributed by atoms with van der Waals surface area (Å²) >= 11 is 8.11. The van der Waals surface area contributed by atoms with Gasteiger partial charge in [0.1, 0.15) is 12.7 Å². The van der Waals surface area contributed by atoms with Crippen molar-refractivity contribution in [3.8, 4) is 11.5 Å². The summed E-state index contributed by atoms with van der Waals surface area (Å²) in [7, 11) is 1.52. The van der Waals surface area contributed by atoms with E-state index in [9.17, 15) is 14.7 Å². The zero-order valence-corrected chi connectivity index (χ0v) is 22.7. The van der Waals surface area contributed by atoms with Gasteiger partial charge in [-0.15, -0.1) is 11.3 Å². The SMILES string of the molecule is COc1cc(CCC(=O)c2sc(C)c3c2C[C@@H]2[C@H]3C2(C)C)cc(Cl)c1OCC(O)CNCCC(=O)O. The first kappa shape index (κ1) is 26.9. The van der Waals surface area contributed by atoms with Crippen molar-refractivity contribution in [2.24, 2.45) is 11.3 Å². The first-order valence-corrected chi connectivity index (χ1v) is 13.5. The highest BCUT2D eigenvalue weighted by molar-refractivity contribution is 7.14. The van der Waals surface area contributed by atoms with E-state index in [0.717, 1.165) is 16.9 Å². The van der Waals surface area contributed by atoms with Crippen LogP contribution in [-0.4, -0.2) is 54.9 Å². The lowest BCUT2D eigenvalue weighted by molar-refractivity contribution is -0.136. The Kier molecular flexibility index (Phi) is 8.00. The van der Waals surface area contributed by atoms with Crippen molar-refractivity contribution >= 4 is 34.7 Å². The van der Waals surface area contributed by atoms with Crippen LogP contribution in [0.25, 0.3) is 0 Å². The molecule has 4 rings (SSSR count). The predicted octanol–water partition coefficient (Wildman–Crippen LogP) is 4.63. The molecule has 2 aliphatic carbocycles. The lowest BCUT2D eigenvalue weighted by Crippen LogP contribution is -2.32. The number of rotatable bonds is 13. The molecule has 196 valence electrons.